The van der Waals surface area contributed by atoms with Gasteiger partial charge in [-0.3, -0.25) is 4.90 Å². The normalized spacial score (nSPS) is 26.9. The summed E-state index contributed by atoms with van der Waals surface area (Å²) < 4.78 is 31.6. The second-order valence-corrected chi connectivity index (χ2v) is 9.89. The molecule has 29 heavy (non-hydrogen) atoms. The minimum Gasteiger partial charge on any atom is -0.497 e. The van der Waals surface area contributed by atoms with Gasteiger partial charge in [0, 0.05) is 31.7 Å². The quantitative estimate of drug-likeness (QED) is 0.745. The second kappa shape index (κ2) is 8.99. The highest BCUT2D eigenvalue weighted by Crippen LogP contribution is 2.43. The van der Waals surface area contributed by atoms with Gasteiger partial charge in [-0.1, -0.05) is 6.07 Å². The smallest absolute Gasteiger partial charge is 0.329 e. The number of sulfonamides is 1. The van der Waals surface area contributed by atoms with Gasteiger partial charge in [0.1, 0.15) is 12.4 Å². The Kier molecular flexibility index (Phi) is 6.83. The van der Waals surface area contributed by atoms with Crippen molar-refractivity contribution >= 4 is 16.0 Å². The van der Waals surface area contributed by atoms with E-state index in [1.165, 1.54) is 17.4 Å². The van der Waals surface area contributed by atoms with Crippen LogP contribution in [-0.4, -0.2) is 79.5 Å². The summed E-state index contributed by atoms with van der Waals surface area (Å²) in [5, 5.41) is 15.0. The lowest BCUT2D eigenvalue weighted by atomic mass is 9.77. The van der Waals surface area contributed by atoms with Gasteiger partial charge in [-0.15, -0.1) is 0 Å². The maximum Gasteiger partial charge on any atom is 0.329 e. The highest BCUT2D eigenvalue weighted by atomic mass is 32.2. The molecule has 0 bridgehead atoms. The van der Waals surface area contributed by atoms with Gasteiger partial charge in [0.05, 0.1) is 13.4 Å². The third-order valence-corrected chi connectivity index (χ3v) is 7.49. The van der Waals surface area contributed by atoms with Crippen molar-refractivity contribution in [3.05, 3.63) is 29.3 Å². The molecule has 0 aromatic heterocycles. The van der Waals surface area contributed by atoms with Crippen LogP contribution in [0, 0.1) is 5.92 Å². The summed E-state index contributed by atoms with van der Waals surface area (Å²) in [6, 6.07) is 6.85. The van der Waals surface area contributed by atoms with Gasteiger partial charge in [0.15, 0.2) is 0 Å². The van der Waals surface area contributed by atoms with Gasteiger partial charge in [0.25, 0.3) is 0 Å². The Balaban J connectivity index is 0.000000431. The lowest BCUT2D eigenvalue weighted by molar-refractivity contribution is -0.140. The number of hydrogen-bond donors (Lipinski definition) is 2. The molecule has 3 heterocycles. The minimum absolute atomic E-state index is 0.156. The number of ether oxygens (including phenoxy) is 1. The van der Waals surface area contributed by atoms with Crippen LogP contribution in [0.3, 0.4) is 0 Å². The van der Waals surface area contributed by atoms with Crippen LogP contribution in [0.2, 0.25) is 0 Å². The van der Waals surface area contributed by atoms with Crippen LogP contribution in [0.15, 0.2) is 18.2 Å². The molecule has 9 heteroatoms. The number of carboxylic acids is 1. The van der Waals surface area contributed by atoms with Crippen molar-refractivity contribution in [3.8, 4) is 5.75 Å². The number of benzene rings is 1. The molecule has 3 aliphatic heterocycles. The predicted octanol–water partition coefficient (Wildman–Crippen LogP) is 1.10. The van der Waals surface area contributed by atoms with Crippen molar-refractivity contribution in [2.75, 3.05) is 39.6 Å². The molecule has 0 unspecified atom stereocenters. The van der Waals surface area contributed by atoms with E-state index in [0.29, 0.717) is 18.5 Å². The summed E-state index contributed by atoms with van der Waals surface area (Å²) in [4.78, 5) is 11.7. The molecule has 0 radical (unpaired) electrons. The molecule has 2 fully saturated rings. The molecule has 0 aliphatic carbocycles. The molecule has 3 aliphatic rings. The number of rotatable bonds is 3. The molecule has 0 amide bonds. The highest BCUT2D eigenvalue weighted by molar-refractivity contribution is 7.88. The first-order valence-electron chi connectivity index (χ1n) is 9.95. The zero-order chi connectivity index (χ0) is 21.2. The first-order chi connectivity index (χ1) is 13.7. The maximum absolute atomic E-state index is 12.2. The Hall–Kier alpha value is -1.68. The van der Waals surface area contributed by atoms with Crippen molar-refractivity contribution in [2.45, 2.75) is 37.8 Å². The van der Waals surface area contributed by atoms with Crippen LogP contribution in [0.4, 0.5) is 0 Å². The average molecular weight is 427 g/mol. The van der Waals surface area contributed by atoms with E-state index in [9.17, 15) is 8.42 Å². The standard InChI is InChI=1S/C18H26N2O3S.C2H4O3/c1-23-15-5-6-16-13(10-15)7-9-19-12-14-4-3-8-20(24(2,21)22)17(14)11-18(16)19;3-1-2(4)5/h5-6,10,14,17-18H,3-4,7-9,11-12H2,1-2H3;3H,1H2,(H,4,5)/t14-,17+,18+;/m1./s1. The number of methoxy groups -OCH3 is 1. The van der Waals surface area contributed by atoms with Gasteiger partial charge in [0.2, 0.25) is 10.0 Å². The zero-order valence-corrected chi connectivity index (χ0v) is 17.8. The van der Waals surface area contributed by atoms with E-state index in [0.717, 1.165) is 44.5 Å². The van der Waals surface area contributed by atoms with Crippen LogP contribution in [0.5, 0.6) is 5.75 Å². The van der Waals surface area contributed by atoms with E-state index in [-0.39, 0.29) is 6.04 Å². The van der Waals surface area contributed by atoms with Crippen LogP contribution >= 0.6 is 0 Å². The summed E-state index contributed by atoms with van der Waals surface area (Å²) in [7, 11) is -1.42. The summed E-state index contributed by atoms with van der Waals surface area (Å²) in [5.74, 6) is 0.195. The number of fused-ring (bicyclic) bond motifs is 4. The maximum atomic E-state index is 12.2. The number of aliphatic carboxylic acids is 1. The molecule has 162 valence electrons. The van der Waals surface area contributed by atoms with Gasteiger partial charge < -0.3 is 14.9 Å². The van der Waals surface area contributed by atoms with Crippen molar-refractivity contribution in [3.63, 3.8) is 0 Å². The topological polar surface area (TPSA) is 107 Å². The van der Waals surface area contributed by atoms with Gasteiger partial charge in [-0.05, 0) is 54.9 Å². The van der Waals surface area contributed by atoms with Gasteiger partial charge in [-0.2, -0.15) is 4.31 Å². The number of carboxylic acid groups (broad SMARTS) is 1. The molecule has 1 aromatic carbocycles. The number of carbonyl (C=O) groups is 1. The monoisotopic (exact) mass is 426 g/mol. The zero-order valence-electron chi connectivity index (χ0n) is 17.0. The van der Waals surface area contributed by atoms with E-state index in [1.807, 2.05) is 6.07 Å². The first kappa shape index (κ1) is 22.0. The Morgan fingerprint density at radius 2 is 2.03 bits per heavy atom. The first-order valence-corrected chi connectivity index (χ1v) is 11.8. The number of aliphatic hydroxyl groups is 1. The Labute approximate surface area is 172 Å². The molecular weight excluding hydrogens is 396 g/mol. The number of piperidine rings is 2. The van der Waals surface area contributed by atoms with E-state index >= 15 is 0 Å². The number of aliphatic hydroxyl groups excluding tert-OH is 1. The molecule has 2 saturated heterocycles. The van der Waals surface area contributed by atoms with Crippen molar-refractivity contribution in [1.29, 1.82) is 0 Å². The molecule has 2 N–H and O–H groups in total. The molecule has 1 aromatic rings. The molecule has 3 atom stereocenters. The number of hydrogen-bond acceptors (Lipinski definition) is 6. The van der Waals surface area contributed by atoms with Crippen LogP contribution in [0.1, 0.15) is 36.4 Å². The molecule has 8 nitrogen and oxygen atoms in total. The largest absolute Gasteiger partial charge is 0.497 e. The van der Waals surface area contributed by atoms with Crippen LogP contribution in [0.25, 0.3) is 0 Å². The lowest BCUT2D eigenvalue weighted by Crippen LogP contribution is -2.57. The third-order valence-electron chi connectivity index (χ3n) is 6.18. The summed E-state index contributed by atoms with van der Waals surface area (Å²) in [6.45, 7) is 1.99. The lowest BCUT2D eigenvalue weighted by Gasteiger charge is -2.51. The fraction of sp³-hybridized carbons (Fsp3) is 0.650. The Morgan fingerprint density at radius 1 is 1.31 bits per heavy atom. The van der Waals surface area contributed by atoms with Crippen LogP contribution < -0.4 is 4.74 Å². The summed E-state index contributed by atoms with van der Waals surface area (Å²) >= 11 is 0. The number of nitrogens with zero attached hydrogens (tertiary/aromatic N) is 2. The minimum atomic E-state index is -3.13. The second-order valence-electron chi connectivity index (χ2n) is 7.96. The van der Waals surface area contributed by atoms with E-state index in [2.05, 4.69) is 17.0 Å². The molecule has 0 spiro atoms. The van der Waals surface area contributed by atoms with Crippen molar-refractivity contribution in [2.24, 2.45) is 5.92 Å². The molecule has 0 saturated carbocycles. The van der Waals surface area contributed by atoms with Gasteiger partial charge >= 0.3 is 5.97 Å². The Morgan fingerprint density at radius 3 is 2.66 bits per heavy atom. The van der Waals surface area contributed by atoms with Crippen molar-refractivity contribution < 1.29 is 28.2 Å². The third kappa shape index (κ3) is 4.91. The Bertz CT molecular complexity index is 843. The highest BCUT2D eigenvalue weighted by Gasteiger charge is 2.44. The fourth-order valence-corrected chi connectivity index (χ4v) is 6.14. The summed E-state index contributed by atoms with van der Waals surface area (Å²) in [5.41, 5.74) is 2.72. The summed E-state index contributed by atoms with van der Waals surface area (Å²) in [6.07, 6.45) is 5.46. The fourth-order valence-electron chi connectivity index (χ4n) is 4.93. The van der Waals surface area contributed by atoms with Crippen molar-refractivity contribution in [1.82, 2.24) is 9.21 Å². The van der Waals surface area contributed by atoms with E-state index in [4.69, 9.17) is 19.7 Å². The molecule has 4 rings (SSSR count). The molecular formula is C20H30N2O6S. The average Bonchev–Trinajstić information content (AvgIpc) is 2.71. The SMILES string of the molecule is COc1ccc2c(c1)CCN1C[C@H]3CCCN(S(C)(=O)=O)[C@H]3C[C@@H]21.O=C(O)CO. The predicted molar refractivity (Wildman–Crippen MR) is 108 cm³/mol. The van der Waals surface area contributed by atoms with Gasteiger partial charge in [-0.25, -0.2) is 13.2 Å². The van der Waals surface area contributed by atoms with Crippen LogP contribution in [-0.2, 0) is 21.2 Å². The van der Waals surface area contributed by atoms with E-state index < -0.39 is 22.6 Å². The van der Waals surface area contributed by atoms with E-state index in [1.54, 1.807) is 11.4 Å².